The number of hydrogen-bond donors (Lipinski definition) is 1. The molecule has 2 aliphatic rings. The molecule has 2 aliphatic heterocycles. The number of halogens is 9. The Bertz CT molecular complexity index is 975. The molecule has 1 aromatic carbocycles. The highest BCUT2D eigenvalue weighted by Crippen LogP contribution is 2.37. The minimum Gasteiger partial charge on any atom is -0.480 e. The van der Waals surface area contributed by atoms with Gasteiger partial charge in [0.15, 0.2) is 0 Å². The van der Waals surface area contributed by atoms with Gasteiger partial charge in [-0.25, -0.2) is 9.59 Å². The summed E-state index contributed by atoms with van der Waals surface area (Å²) in [5, 5.41) is 9.38. The lowest BCUT2D eigenvalue weighted by Gasteiger charge is -2.35. The molecule has 1 amide bonds. The first kappa shape index (κ1) is 28.7. The van der Waals surface area contributed by atoms with Crippen molar-refractivity contribution in [2.24, 2.45) is 0 Å². The number of carbonyl (C=O) groups excluding carboxylic acids is 1. The van der Waals surface area contributed by atoms with Crippen LogP contribution in [0.3, 0.4) is 0 Å². The average molecular weight is 551 g/mol. The highest BCUT2D eigenvalue weighted by molar-refractivity contribution is 5.79. The Kier molecular flexibility index (Phi) is 8.10. The molecule has 7 nitrogen and oxygen atoms in total. The maximum absolute atomic E-state index is 13.5. The van der Waals surface area contributed by atoms with E-state index in [0.717, 1.165) is 12.1 Å². The minimum absolute atomic E-state index is 0.0646. The second-order valence-corrected chi connectivity index (χ2v) is 8.69. The zero-order valence-electron chi connectivity index (χ0n) is 19.0. The summed E-state index contributed by atoms with van der Waals surface area (Å²) < 4.78 is 120. The summed E-state index contributed by atoms with van der Waals surface area (Å²) in [4.78, 5) is 27.0. The third-order valence-electron chi connectivity index (χ3n) is 6.02. The summed E-state index contributed by atoms with van der Waals surface area (Å²) in [7, 11) is 0. The number of aliphatic carboxylic acids is 1. The fourth-order valence-corrected chi connectivity index (χ4v) is 4.27. The van der Waals surface area contributed by atoms with E-state index < -0.39 is 48.3 Å². The monoisotopic (exact) mass is 551 g/mol. The predicted molar refractivity (Wildman–Crippen MR) is 109 cm³/mol. The lowest BCUT2D eigenvalue weighted by atomic mass is 10.1. The molecule has 16 heteroatoms. The van der Waals surface area contributed by atoms with Gasteiger partial charge >= 0.3 is 30.6 Å². The predicted octanol–water partition coefficient (Wildman–Crippen LogP) is 4.51. The van der Waals surface area contributed by atoms with Gasteiger partial charge in [0.1, 0.15) is 6.04 Å². The maximum Gasteiger partial charge on any atom is 0.434 e. The molecule has 0 radical (unpaired) electrons. The largest absolute Gasteiger partial charge is 0.480 e. The first-order valence-corrected chi connectivity index (χ1v) is 11.0. The lowest BCUT2D eigenvalue weighted by molar-refractivity contribution is -0.308. The van der Waals surface area contributed by atoms with Crippen molar-refractivity contribution in [2.75, 3.05) is 37.6 Å². The van der Waals surface area contributed by atoms with Gasteiger partial charge in [-0.3, -0.25) is 4.90 Å². The molecule has 37 heavy (non-hydrogen) atoms. The van der Waals surface area contributed by atoms with Crippen molar-refractivity contribution in [3.05, 3.63) is 29.3 Å². The molecule has 1 N–H and O–H groups in total. The molecule has 2 heterocycles. The third kappa shape index (κ3) is 7.11. The Morgan fingerprint density at radius 1 is 0.919 bits per heavy atom. The number of amides is 1. The normalized spacial score (nSPS) is 20.0. The lowest BCUT2D eigenvalue weighted by Crippen LogP contribution is -2.52. The summed E-state index contributed by atoms with van der Waals surface area (Å²) in [5.74, 6) is -1.17. The molecule has 0 aliphatic carbocycles. The van der Waals surface area contributed by atoms with E-state index in [4.69, 9.17) is 0 Å². The van der Waals surface area contributed by atoms with Crippen LogP contribution >= 0.6 is 0 Å². The quantitative estimate of drug-likeness (QED) is 0.544. The summed E-state index contributed by atoms with van der Waals surface area (Å²) in [6, 6.07) is 2.17. The number of piperazine rings is 1. The molecule has 0 spiro atoms. The smallest absolute Gasteiger partial charge is 0.434 e. The maximum atomic E-state index is 13.5. The molecule has 0 bridgehead atoms. The second-order valence-electron chi connectivity index (χ2n) is 8.69. The van der Waals surface area contributed by atoms with E-state index in [-0.39, 0.29) is 56.9 Å². The van der Waals surface area contributed by atoms with Crippen LogP contribution in [0.15, 0.2) is 18.2 Å². The van der Waals surface area contributed by atoms with Gasteiger partial charge in [0.25, 0.3) is 6.10 Å². The number of alkyl halides is 9. The Labute approximate surface area is 204 Å². The zero-order valence-corrected chi connectivity index (χ0v) is 19.0. The first-order chi connectivity index (χ1) is 17.0. The zero-order chi connectivity index (χ0) is 27.8. The van der Waals surface area contributed by atoms with Crippen molar-refractivity contribution >= 4 is 17.7 Å². The molecule has 1 unspecified atom stereocenters. The molecule has 0 saturated carbocycles. The highest BCUT2D eigenvalue weighted by atomic mass is 19.4. The van der Waals surface area contributed by atoms with Crippen LogP contribution in [0.25, 0.3) is 0 Å². The van der Waals surface area contributed by atoms with Crippen LogP contribution in [0, 0.1) is 0 Å². The SMILES string of the molecule is O=C(O)C1CCCN1c1cc(CN2CCN(C(=O)OC(C(F)(F)F)C(F)(F)F)CC2)cc(C(F)(F)F)c1. The molecule has 1 aromatic rings. The van der Waals surface area contributed by atoms with Crippen molar-refractivity contribution in [3.63, 3.8) is 0 Å². The molecule has 208 valence electrons. The minimum atomic E-state index is -5.86. The molecule has 2 saturated heterocycles. The van der Waals surface area contributed by atoms with Gasteiger partial charge in [0.05, 0.1) is 5.56 Å². The van der Waals surface area contributed by atoms with E-state index in [2.05, 4.69) is 4.74 Å². The number of carbonyl (C=O) groups is 2. The van der Waals surface area contributed by atoms with Gasteiger partial charge in [-0.2, -0.15) is 39.5 Å². The van der Waals surface area contributed by atoms with Gasteiger partial charge in [0.2, 0.25) is 0 Å². The number of nitrogens with zero attached hydrogens (tertiary/aromatic N) is 3. The molecule has 2 fully saturated rings. The van der Waals surface area contributed by atoms with Gasteiger partial charge < -0.3 is 19.6 Å². The van der Waals surface area contributed by atoms with Gasteiger partial charge in [-0.15, -0.1) is 0 Å². The number of benzene rings is 1. The van der Waals surface area contributed by atoms with E-state index >= 15 is 0 Å². The van der Waals surface area contributed by atoms with Crippen molar-refractivity contribution in [2.45, 2.75) is 50.1 Å². The number of rotatable bonds is 5. The van der Waals surface area contributed by atoms with Crippen LogP contribution in [0.2, 0.25) is 0 Å². The van der Waals surface area contributed by atoms with Gasteiger partial charge in [0, 0.05) is 45.0 Å². The summed E-state index contributed by atoms with van der Waals surface area (Å²) >= 11 is 0. The van der Waals surface area contributed by atoms with Crippen molar-refractivity contribution in [3.8, 4) is 0 Å². The van der Waals surface area contributed by atoms with Crippen LogP contribution < -0.4 is 4.90 Å². The van der Waals surface area contributed by atoms with Crippen LogP contribution in [0.4, 0.5) is 50.0 Å². The van der Waals surface area contributed by atoms with Crippen LogP contribution in [-0.2, 0) is 22.3 Å². The molecule has 1 atom stereocenters. The Balaban J connectivity index is 1.69. The van der Waals surface area contributed by atoms with E-state index in [1.807, 2.05) is 0 Å². The number of carboxylic acid groups (broad SMARTS) is 1. The van der Waals surface area contributed by atoms with E-state index in [1.54, 1.807) is 4.90 Å². The fourth-order valence-electron chi connectivity index (χ4n) is 4.27. The standard InChI is InChI=1S/C21H22F9N3O4/c22-19(23,24)13-8-12(9-14(10-13)33-3-1-2-15(33)16(34)35)11-31-4-6-32(7-5-31)18(36)37-17(20(25,26)27)21(28,29)30/h8-10,15,17H,1-7,11H2,(H,34,35). The second kappa shape index (κ2) is 10.5. The van der Waals surface area contributed by atoms with Crippen molar-refractivity contribution in [1.29, 1.82) is 0 Å². The van der Waals surface area contributed by atoms with Crippen LogP contribution in [0.5, 0.6) is 0 Å². The van der Waals surface area contributed by atoms with Gasteiger partial charge in [-0.1, -0.05) is 0 Å². The Morgan fingerprint density at radius 2 is 1.51 bits per heavy atom. The summed E-state index contributed by atoms with van der Waals surface area (Å²) in [5.41, 5.74) is -0.753. The fraction of sp³-hybridized carbons (Fsp3) is 0.619. The van der Waals surface area contributed by atoms with Crippen LogP contribution in [0.1, 0.15) is 24.0 Å². The topological polar surface area (TPSA) is 73.3 Å². The van der Waals surface area contributed by atoms with E-state index in [0.29, 0.717) is 11.3 Å². The Morgan fingerprint density at radius 3 is 2.03 bits per heavy atom. The highest BCUT2D eigenvalue weighted by Gasteiger charge is 2.60. The number of ether oxygens (including phenoxy) is 1. The summed E-state index contributed by atoms with van der Waals surface area (Å²) in [6.07, 6.45) is -21.8. The summed E-state index contributed by atoms with van der Waals surface area (Å²) in [6.45, 7) is -0.606. The molecular formula is C21H22F9N3O4. The van der Waals surface area contributed by atoms with Crippen molar-refractivity contribution < 1.29 is 58.9 Å². The molecule has 3 rings (SSSR count). The van der Waals surface area contributed by atoms with Crippen molar-refractivity contribution in [1.82, 2.24) is 9.80 Å². The molecule has 0 aromatic heterocycles. The average Bonchev–Trinajstić information content (AvgIpc) is 3.26. The van der Waals surface area contributed by atoms with Crippen LogP contribution in [-0.4, -0.2) is 84.2 Å². The third-order valence-corrected chi connectivity index (χ3v) is 6.02. The van der Waals surface area contributed by atoms with E-state index in [1.165, 1.54) is 11.0 Å². The number of carboxylic acids is 1. The first-order valence-electron chi connectivity index (χ1n) is 11.0. The number of anilines is 1. The number of hydrogen-bond acceptors (Lipinski definition) is 5. The Hall–Kier alpha value is -2.91. The van der Waals surface area contributed by atoms with E-state index in [9.17, 15) is 54.2 Å². The molecular weight excluding hydrogens is 529 g/mol. The van der Waals surface area contributed by atoms with Gasteiger partial charge in [-0.05, 0) is 36.6 Å².